The van der Waals surface area contributed by atoms with Crippen LogP contribution in [0.15, 0.2) is 30.3 Å². The maximum Gasteiger partial charge on any atom is 0.136 e. The van der Waals surface area contributed by atoms with Gasteiger partial charge < -0.3 is 9.80 Å². The molecule has 0 N–H and O–H groups in total. The highest BCUT2D eigenvalue weighted by molar-refractivity contribution is 6.17. The topological polar surface area (TPSA) is 19.4 Å². The minimum Gasteiger partial charge on any atom is -0.354 e. The number of fused-ring (bicyclic) bond motifs is 1. The number of aromatic nitrogens is 1. The van der Waals surface area contributed by atoms with Gasteiger partial charge in [-0.15, -0.1) is 11.6 Å². The van der Waals surface area contributed by atoms with Gasteiger partial charge in [0, 0.05) is 31.6 Å². The van der Waals surface area contributed by atoms with Crippen LogP contribution >= 0.6 is 11.6 Å². The largest absolute Gasteiger partial charge is 0.354 e. The molecule has 0 atom stereocenters. The molecule has 106 valence electrons. The molecule has 0 saturated carbocycles. The quantitative estimate of drug-likeness (QED) is 0.810. The van der Waals surface area contributed by atoms with E-state index in [1.807, 2.05) is 0 Å². The zero-order valence-corrected chi connectivity index (χ0v) is 12.6. The monoisotopic (exact) mass is 289 g/mol. The van der Waals surface area contributed by atoms with Gasteiger partial charge in [0.05, 0.1) is 11.6 Å². The number of hydrogen-bond donors (Lipinski definition) is 0. The second-order valence-corrected chi connectivity index (χ2v) is 5.48. The summed E-state index contributed by atoms with van der Waals surface area (Å²) in [5.74, 6) is 1.56. The van der Waals surface area contributed by atoms with Gasteiger partial charge in [-0.1, -0.05) is 31.2 Å². The zero-order valence-electron chi connectivity index (χ0n) is 11.8. The van der Waals surface area contributed by atoms with Gasteiger partial charge in [0.25, 0.3) is 0 Å². The summed E-state index contributed by atoms with van der Waals surface area (Å²) in [5.41, 5.74) is 0.957. The van der Waals surface area contributed by atoms with Crippen molar-refractivity contribution < 1.29 is 0 Å². The molecule has 1 fully saturated rings. The van der Waals surface area contributed by atoms with Crippen molar-refractivity contribution in [3.8, 4) is 0 Å². The molecule has 3 rings (SSSR count). The van der Waals surface area contributed by atoms with Crippen LogP contribution in [0.5, 0.6) is 0 Å². The third-order valence-electron chi connectivity index (χ3n) is 4.03. The Morgan fingerprint density at radius 3 is 2.60 bits per heavy atom. The molecule has 0 spiro atoms. The van der Waals surface area contributed by atoms with Gasteiger partial charge in [0.15, 0.2) is 0 Å². The Balaban J connectivity index is 1.98. The molecule has 1 aromatic carbocycles. The van der Waals surface area contributed by atoms with Crippen LogP contribution in [0, 0.1) is 0 Å². The Hall–Kier alpha value is -1.32. The number of piperazine rings is 1. The van der Waals surface area contributed by atoms with Gasteiger partial charge in [0.2, 0.25) is 0 Å². The maximum atomic E-state index is 5.99. The SMILES string of the molecule is CCN1CCN(c2nc(CCl)cc3ccccc23)CC1. The number of benzene rings is 1. The summed E-state index contributed by atoms with van der Waals surface area (Å²) in [5, 5.41) is 2.46. The normalized spacial score (nSPS) is 16.8. The van der Waals surface area contributed by atoms with E-state index in [1.54, 1.807) is 0 Å². The number of nitrogens with zero attached hydrogens (tertiary/aromatic N) is 3. The highest BCUT2D eigenvalue weighted by atomic mass is 35.5. The van der Waals surface area contributed by atoms with Gasteiger partial charge in [-0.3, -0.25) is 0 Å². The average molecular weight is 290 g/mol. The van der Waals surface area contributed by atoms with E-state index in [0.29, 0.717) is 5.88 Å². The fourth-order valence-corrected chi connectivity index (χ4v) is 2.96. The van der Waals surface area contributed by atoms with Crippen molar-refractivity contribution >= 4 is 28.2 Å². The Morgan fingerprint density at radius 2 is 1.90 bits per heavy atom. The number of likely N-dealkylation sites (N-methyl/N-ethyl adjacent to an activating group) is 1. The standard InChI is InChI=1S/C16H20ClN3/c1-2-19-7-9-20(10-8-19)16-15-6-4-3-5-13(15)11-14(12-17)18-16/h3-6,11H,2,7-10,12H2,1H3. The van der Waals surface area contributed by atoms with Gasteiger partial charge in [0.1, 0.15) is 5.82 Å². The van der Waals surface area contributed by atoms with Gasteiger partial charge in [-0.05, 0) is 18.0 Å². The molecule has 1 aliphatic rings. The van der Waals surface area contributed by atoms with E-state index >= 15 is 0 Å². The molecule has 3 nitrogen and oxygen atoms in total. The van der Waals surface area contributed by atoms with Crippen LogP contribution in [0.1, 0.15) is 12.6 Å². The van der Waals surface area contributed by atoms with E-state index in [2.05, 4.69) is 47.1 Å². The van der Waals surface area contributed by atoms with Crippen LogP contribution in [0.25, 0.3) is 10.8 Å². The molecule has 1 aliphatic heterocycles. The predicted octanol–water partition coefficient (Wildman–Crippen LogP) is 3.12. The highest BCUT2D eigenvalue weighted by Crippen LogP contribution is 2.27. The molecule has 20 heavy (non-hydrogen) atoms. The molecule has 1 saturated heterocycles. The van der Waals surface area contributed by atoms with Crippen LogP contribution in [0.3, 0.4) is 0 Å². The Morgan fingerprint density at radius 1 is 1.15 bits per heavy atom. The van der Waals surface area contributed by atoms with Crippen LogP contribution < -0.4 is 4.90 Å². The molecule has 0 radical (unpaired) electrons. The third-order valence-corrected chi connectivity index (χ3v) is 4.30. The van der Waals surface area contributed by atoms with Crippen molar-refractivity contribution in [2.75, 3.05) is 37.6 Å². The maximum absolute atomic E-state index is 5.99. The summed E-state index contributed by atoms with van der Waals surface area (Å²) in [6.07, 6.45) is 0. The number of rotatable bonds is 3. The fourth-order valence-electron chi connectivity index (χ4n) is 2.82. The number of alkyl halides is 1. The molecule has 4 heteroatoms. The Kier molecular flexibility index (Phi) is 4.08. The van der Waals surface area contributed by atoms with E-state index in [1.165, 1.54) is 10.8 Å². The molecule has 0 unspecified atom stereocenters. The summed E-state index contributed by atoms with van der Waals surface area (Å²) >= 11 is 5.99. The lowest BCUT2D eigenvalue weighted by Crippen LogP contribution is -2.46. The summed E-state index contributed by atoms with van der Waals surface area (Å²) in [6, 6.07) is 10.5. The molecule has 1 aromatic heterocycles. The highest BCUT2D eigenvalue weighted by Gasteiger charge is 2.19. The van der Waals surface area contributed by atoms with Crippen LogP contribution in [-0.2, 0) is 5.88 Å². The smallest absolute Gasteiger partial charge is 0.136 e. The summed E-state index contributed by atoms with van der Waals surface area (Å²) < 4.78 is 0. The fraction of sp³-hybridized carbons (Fsp3) is 0.438. The first-order valence-corrected chi connectivity index (χ1v) is 7.77. The van der Waals surface area contributed by atoms with Crippen molar-refractivity contribution in [3.05, 3.63) is 36.0 Å². The third kappa shape index (κ3) is 2.60. The second-order valence-electron chi connectivity index (χ2n) is 5.21. The van der Waals surface area contributed by atoms with E-state index in [9.17, 15) is 0 Å². The first-order chi connectivity index (χ1) is 9.81. The molecule has 2 aromatic rings. The number of halogens is 1. The van der Waals surface area contributed by atoms with Gasteiger partial charge in [-0.2, -0.15) is 0 Å². The summed E-state index contributed by atoms with van der Waals surface area (Å²) in [7, 11) is 0. The Labute approximate surface area is 125 Å². The first-order valence-electron chi connectivity index (χ1n) is 7.23. The van der Waals surface area contributed by atoms with Crippen molar-refractivity contribution in [1.82, 2.24) is 9.88 Å². The number of pyridine rings is 1. The van der Waals surface area contributed by atoms with Crippen molar-refractivity contribution in [2.24, 2.45) is 0 Å². The van der Waals surface area contributed by atoms with Crippen molar-refractivity contribution in [3.63, 3.8) is 0 Å². The first kappa shape index (κ1) is 13.7. The Bertz CT molecular complexity index is 591. The van der Waals surface area contributed by atoms with Crippen LogP contribution in [0.4, 0.5) is 5.82 Å². The molecule has 0 aliphatic carbocycles. The molecule has 0 amide bonds. The average Bonchev–Trinajstić information content (AvgIpc) is 2.54. The summed E-state index contributed by atoms with van der Waals surface area (Å²) in [6.45, 7) is 7.64. The van der Waals surface area contributed by atoms with E-state index in [4.69, 9.17) is 16.6 Å². The van der Waals surface area contributed by atoms with Gasteiger partial charge >= 0.3 is 0 Å². The van der Waals surface area contributed by atoms with Crippen molar-refractivity contribution in [2.45, 2.75) is 12.8 Å². The summed E-state index contributed by atoms with van der Waals surface area (Å²) in [4.78, 5) is 9.64. The number of anilines is 1. The lowest BCUT2D eigenvalue weighted by Gasteiger charge is -2.35. The van der Waals surface area contributed by atoms with E-state index in [-0.39, 0.29) is 0 Å². The van der Waals surface area contributed by atoms with Crippen LogP contribution in [0.2, 0.25) is 0 Å². The lowest BCUT2D eigenvalue weighted by molar-refractivity contribution is 0.271. The lowest BCUT2D eigenvalue weighted by atomic mass is 10.1. The molecule has 2 heterocycles. The molecular formula is C16H20ClN3. The minimum atomic E-state index is 0.465. The van der Waals surface area contributed by atoms with E-state index < -0.39 is 0 Å². The second kappa shape index (κ2) is 5.98. The predicted molar refractivity (Wildman–Crippen MR) is 85.6 cm³/mol. The molecular weight excluding hydrogens is 270 g/mol. The van der Waals surface area contributed by atoms with Crippen LogP contribution in [-0.4, -0.2) is 42.6 Å². The minimum absolute atomic E-state index is 0.465. The zero-order chi connectivity index (χ0) is 13.9. The van der Waals surface area contributed by atoms with Crippen molar-refractivity contribution in [1.29, 1.82) is 0 Å². The van der Waals surface area contributed by atoms with Gasteiger partial charge in [-0.25, -0.2) is 4.98 Å². The molecule has 0 bridgehead atoms. The van der Waals surface area contributed by atoms with E-state index in [0.717, 1.165) is 44.2 Å². The number of hydrogen-bond acceptors (Lipinski definition) is 3.